The predicted octanol–water partition coefficient (Wildman–Crippen LogP) is 1.96. The van der Waals surface area contributed by atoms with Gasteiger partial charge in [0, 0.05) is 25.7 Å². The number of piperidine rings is 1. The van der Waals surface area contributed by atoms with E-state index in [0.717, 1.165) is 37.7 Å². The first kappa shape index (κ1) is 22.4. The second-order valence-electron chi connectivity index (χ2n) is 7.23. The number of hydrogen-bond acceptors (Lipinski definition) is 4. The Kier molecular flexibility index (Phi) is 8.44. The van der Waals surface area contributed by atoms with Gasteiger partial charge in [0.15, 0.2) is 0 Å². The van der Waals surface area contributed by atoms with Crippen molar-refractivity contribution in [1.82, 2.24) is 14.9 Å². The minimum atomic E-state index is -3.57. The Hall–Kier alpha value is -1.93. The van der Waals surface area contributed by atoms with Crippen LogP contribution in [0.5, 0.6) is 0 Å². The molecule has 2 N–H and O–H groups in total. The first-order valence-corrected chi connectivity index (χ1v) is 11.4. The predicted molar refractivity (Wildman–Crippen MR) is 108 cm³/mol. The molecular weight excluding hydrogens is 378 g/mol. The lowest BCUT2D eigenvalue weighted by molar-refractivity contribution is -0.139. The Morgan fingerprint density at radius 1 is 1.07 bits per heavy atom. The number of carbonyl (C=O) groups excluding carboxylic acids is 2. The number of nitrogens with one attached hydrogen (secondary N) is 2. The summed E-state index contributed by atoms with van der Waals surface area (Å²) in [5.41, 5.74) is 1.01. The second-order valence-corrected chi connectivity index (χ2v) is 9.12. The highest BCUT2D eigenvalue weighted by Crippen LogP contribution is 2.27. The molecule has 1 saturated heterocycles. The topological polar surface area (TPSA) is 95.6 Å². The van der Waals surface area contributed by atoms with Crippen LogP contribution in [0.1, 0.15) is 51.0 Å². The minimum Gasteiger partial charge on any atom is -0.348 e. The first-order valence-electron chi connectivity index (χ1n) is 10.0. The molecule has 1 fully saturated rings. The summed E-state index contributed by atoms with van der Waals surface area (Å²) in [5, 5.41) is 5.18. The summed E-state index contributed by atoms with van der Waals surface area (Å²) in [4.78, 5) is 23.9. The molecule has 0 saturated carbocycles. The molecule has 28 heavy (non-hydrogen) atoms. The van der Waals surface area contributed by atoms with Gasteiger partial charge in [0.05, 0.1) is 4.90 Å². The highest BCUT2D eigenvalue weighted by molar-refractivity contribution is 7.89. The monoisotopic (exact) mass is 409 g/mol. The Balaban J connectivity index is 1.93. The fourth-order valence-electron chi connectivity index (χ4n) is 3.32. The van der Waals surface area contributed by atoms with Crippen molar-refractivity contribution in [3.05, 3.63) is 29.8 Å². The van der Waals surface area contributed by atoms with Gasteiger partial charge >= 0.3 is 11.8 Å². The maximum absolute atomic E-state index is 13.0. The zero-order valence-electron chi connectivity index (χ0n) is 16.7. The normalized spacial score (nSPS) is 17.9. The molecule has 1 aromatic rings. The average Bonchev–Trinajstić information content (AvgIpc) is 2.68. The number of nitrogens with zero attached hydrogens (tertiary/aromatic N) is 1. The Morgan fingerprint density at radius 3 is 2.36 bits per heavy atom. The lowest BCUT2D eigenvalue weighted by Gasteiger charge is -2.34. The fourth-order valence-corrected chi connectivity index (χ4v) is 5.04. The van der Waals surface area contributed by atoms with Crippen LogP contribution in [-0.4, -0.2) is 50.2 Å². The van der Waals surface area contributed by atoms with Crippen LogP contribution in [0.2, 0.25) is 0 Å². The molecule has 0 spiro atoms. The molecule has 0 radical (unpaired) electrons. The third-order valence-corrected chi connectivity index (χ3v) is 6.95. The molecule has 0 bridgehead atoms. The number of unbranched alkanes of at least 4 members (excludes halogenated alkanes) is 1. The van der Waals surface area contributed by atoms with Gasteiger partial charge in [-0.15, -0.1) is 0 Å². The van der Waals surface area contributed by atoms with Crippen LogP contribution in [0.25, 0.3) is 0 Å². The molecule has 7 nitrogen and oxygen atoms in total. The highest BCUT2D eigenvalue weighted by Gasteiger charge is 2.33. The SMILES string of the molecule is CCCCNC(=O)C(=O)NCC[C@@H]1CCCCN1S(=O)(=O)c1ccc(C)cc1. The maximum atomic E-state index is 13.0. The molecule has 0 aromatic heterocycles. The van der Waals surface area contributed by atoms with E-state index in [0.29, 0.717) is 24.4 Å². The van der Waals surface area contributed by atoms with Crippen molar-refractivity contribution in [3.63, 3.8) is 0 Å². The van der Waals surface area contributed by atoms with Crippen LogP contribution in [-0.2, 0) is 19.6 Å². The van der Waals surface area contributed by atoms with E-state index in [2.05, 4.69) is 10.6 Å². The lowest BCUT2D eigenvalue weighted by Crippen LogP contribution is -2.46. The number of benzene rings is 1. The smallest absolute Gasteiger partial charge is 0.309 e. The van der Waals surface area contributed by atoms with Gasteiger partial charge in [-0.1, -0.05) is 37.5 Å². The van der Waals surface area contributed by atoms with Crippen molar-refractivity contribution in [1.29, 1.82) is 0 Å². The van der Waals surface area contributed by atoms with Gasteiger partial charge in [0.1, 0.15) is 0 Å². The van der Waals surface area contributed by atoms with E-state index in [-0.39, 0.29) is 12.6 Å². The standard InChI is InChI=1S/C20H31N3O4S/c1-3-4-13-21-19(24)20(25)22-14-12-17-7-5-6-15-23(17)28(26,27)18-10-8-16(2)9-11-18/h8-11,17H,3-7,12-15H2,1-2H3,(H,21,24)(H,22,25)/t17-/m0/s1. The third-order valence-electron chi connectivity index (χ3n) is 4.99. The van der Waals surface area contributed by atoms with Crippen LogP contribution in [0.3, 0.4) is 0 Å². The summed E-state index contributed by atoms with van der Waals surface area (Å²) >= 11 is 0. The van der Waals surface area contributed by atoms with Gasteiger partial charge in [-0.25, -0.2) is 8.42 Å². The molecule has 2 amide bonds. The van der Waals surface area contributed by atoms with Crippen molar-refractivity contribution in [2.24, 2.45) is 0 Å². The van der Waals surface area contributed by atoms with E-state index < -0.39 is 21.8 Å². The van der Waals surface area contributed by atoms with E-state index in [1.54, 1.807) is 28.6 Å². The summed E-state index contributed by atoms with van der Waals surface area (Å²) in [6.07, 6.45) is 4.79. The molecule has 1 aromatic carbocycles. The first-order chi connectivity index (χ1) is 13.4. The number of carbonyl (C=O) groups is 2. The number of rotatable bonds is 8. The molecule has 2 rings (SSSR count). The molecule has 8 heteroatoms. The van der Waals surface area contributed by atoms with Crippen LogP contribution in [0, 0.1) is 6.92 Å². The third kappa shape index (κ3) is 6.04. The second kappa shape index (κ2) is 10.6. The molecule has 0 unspecified atom stereocenters. The molecule has 1 aliphatic rings. The van der Waals surface area contributed by atoms with Crippen molar-refractivity contribution >= 4 is 21.8 Å². The number of sulfonamides is 1. The van der Waals surface area contributed by atoms with Crippen molar-refractivity contribution in [2.45, 2.75) is 63.3 Å². The molecule has 0 aliphatic carbocycles. The van der Waals surface area contributed by atoms with Gasteiger partial charge in [0.2, 0.25) is 10.0 Å². The summed E-state index contributed by atoms with van der Waals surface area (Å²) in [6, 6.07) is 6.69. The largest absolute Gasteiger partial charge is 0.348 e. The van der Waals surface area contributed by atoms with E-state index >= 15 is 0 Å². The van der Waals surface area contributed by atoms with E-state index in [1.807, 2.05) is 13.8 Å². The average molecular weight is 410 g/mol. The van der Waals surface area contributed by atoms with Crippen molar-refractivity contribution < 1.29 is 18.0 Å². The van der Waals surface area contributed by atoms with Crippen LogP contribution >= 0.6 is 0 Å². The van der Waals surface area contributed by atoms with Crippen molar-refractivity contribution in [3.8, 4) is 0 Å². The molecular formula is C20H31N3O4S. The Morgan fingerprint density at radius 2 is 1.71 bits per heavy atom. The van der Waals surface area contributed by atoms with Crippen LogP contribution < -0.4 is 10.6 Å². The number of hydrogen-bond donors (Lipinski definition) is 2. The van der Waals surface area contributed by atoms with E-state index in [9.17, 15) is 18.0 Å². The summed E-state index contributed by atoms with van der Waals surface area (Å²) < 4.78 is 27.6. The number of aryl methyl sites for hydroxylation is 1. The molecule has 1 heterocycles. The van der Waals surface area contributed by atoms with Gasteiger partial charge in [-0.05, 0) is 44.7 Å². The van der Waals surface area contributed by atoms with E-state index in [1.165, 1.54) is 0 Å². The van der Waals surface area contributed by atoms with Gasteiger partial charge in [-0.3, -0.25) is 9.59 Å². The Labute approximate surface area is 167 Å². The fraction of sp³-hybridized carbons (Fsp3) is 0.600. The summed E-state index contributed by atoms with van der Waals surface area (Å²) in [6.45, 7) is 5.15. The van der Waals surface area contributed by atoms with Crippen LogP contribution in [0.15, 0.2) is 29.2 Å². The molecule has 156 valence electrons. The highest BCUT2D eigenvalue weighted by atomic mass is 32.2. The quantitative estimate of drug-likeness (QED) is 0.507. The van der Waals surface area contributed by atoms with E-state index in [4.69, 9.17) is 0 Å². The van der Waals surface area contributed by atoms with Crippen molar-refractivity contribution in [2.75, 3.05) is 19.6 Å². The summed E-state index contributed by atoms with van der Waals surface area (Å²) in [7, 11) is -3.57. The maximum Gasteiger partial charge on any atom is 0.309 e. The molecule has 1 aliphatic heterocycles. The minimum absolute atomic E-state index is 0.177. The van der Waals surface area contributed by atoms with Crippen LogP contribution in [0.4, 0.5) is 0 Å². The Bertz CT molecular complexity index is 762. The number of amides is 2. The molecule has 1 atom stereocenters. The van der Waals surface area contributed by atoms with Gasteiger partial charge < -0.3 is 10.6 Å². The lowest BCUT2D eigenvalue weighted by atomic mass is 10.0. The van der Waals surface area contributed by atoms with Gasteiger partial charge in [-0.2, -0.15) is 4.31 Å². The zero-order chi connectivity index (χ0) is 20.6. The van der Waals surface area contributed by atoms with Gasteiger partial charge in [0.25, 0.3) is 0 Å². The zero-order valence-corrected chi connectivity index (χ0v) is 17.6. The summed E-state index contributed by atoms with van der Waals surface area (Å²) in [5.74, 6) is -1.30.